The Morgan fingerprint density at radius 3 is 2.00 bits per heavy atom. The number of benzene rings is 2. The van der Waals surface area contributed by atoms with E-state index in [2.05, 4.69) is 41.1 Å². The van der Waals surface area contributed by atoms with Crippen LogP contribution >= 0.6 is 0 Å². The number of carbonyl (C=O) groups is 1. The van der Waals surface area contributed by atoms with Crippen molar-refractivity contribution in [1.82, 2.24) is 4.90 Å². The number of amides is 1. The molecule has 2 aromatic carbocycles. The van der Waals surface area contributed by atoms with Crippen LogP contribution in [-0.4, -0.2) is 37.0 Å². The molecule has 0 heterocycles. The maximum Gasteiger partial charge on any atom is 0.253 e. The summed E-state index contributed by atoms with van der Waals surface area (Å²) < 4.78 is 0. The second-order valence-corrected chi connectivity index (χ2v) is 6.37. The van der Waals surface area contributed by atoms with E-state index >= 15 is 0 Å². The molecule has 5 nitrogen and oxygen atoms in total. The van der Waals surface area contributed by atoms with E-state index in [1.165, 1.54) is 5.69 Å². The molecule has 0 aromatic heterocycles. The number of azo groups is 1. The van der Waals surface area contributed by atoms with Gasteiger partial charge in [-0.15, -0.1) is 0 Å². The molecular formula is C22H30N4O. The lowest BCUT2D eigenvalue weighted by Crippen LogP contribution is -2.30. The van der Waals surface area contributed by atoms with Crippen LogP contribution < -0.4 is 4.90 Å². The third-order valence-electron chi connectivity index (χ3n) is 4.75. The van der Waals surface area contributed by atoms with Crippen LogP contribution in [0.15, 0.2) is 52.7 Å². The molecule has 2 rings (SSSR count). The molecule has 0 aliphatic carbocycles. The van der Waals surface area contributed by atoms with Gasteiger partial charge in [-0.25, -0.2) is 0 Å². The zero-order valence-electron chi connectivity index (χ0n) is 17.1. The van der Waals surface area contributed by atoms with Crippen molar-refractivity contribution >= 4 is 23.0 Å². The zero-order chi connectivity index (χ0) is 19.8. The predicted octanol–water partition coefficient (Wildman–Crippen LogP) is 5.74. The van der Waals surface area contributed by atoms with E-state index in [-0.39, 0.29) is 5.91 Å². The van der Waals surface area contributed by atoms with Crippen molar-refractivity contribution in [3.63, 3.8) is 0 Å². The fourth-order valence-corrected chi connectivity index (χ4v) is 3.01. The monoisotopic (exact) mass is 366 g/mol. The highest BCUT2D eigenvalue weighted by Gasteiger charge is 2.11. The van der Waals surface area contributed by atoms with Crippen LogP contribution in [0, 0.1) is 6.92 Å². The minimum atomic E-state index is 0.0475. The first-order chi connectivity index (χ1) is 13.0. The highest BCUT2D eigenvalue weighted by molar-refractivity contribution is 5.94. The van der Waals surface area contributed by atoms with E-state index in [4.69, 9.17) is 0 Å². The number of anilines is 1. The van der Waals surface area contributed by atoms with Crippen LogP contribution in [0.3, 0.4) is 0 Å². The summed E-state index contributed by atoms with van der Waals surface area (Å²) in [6.45, 7) is 13.7. The summed E-state index contributed by atoms with van der Waals surface area (Å²) in [7, 11) is 0. The Kier molecular flexibility index (Phi) is 7.53. The Morgan fingerprint density at radius 2 is 1.48 bits per heavy atom. The van der Waals surface area contributed by atoms with Crippen LogP contribution in [0.4, 0.5) is 17.1 Å². The van der Waals surface area contributed by atoms with Gasteiger partial charge in [0, 0.05) is 37.4 Å². The first kappa shape index (κ1) is 20.6. The number of hydrogen-bond donors (Lipinski definition) is 0. The zero-order valence-corrected chi connectivity index (χ0v) is 17.1. The lowest BCUT2D eigenvalue weighted by molar-refractivity contribution is 0.0773. The molecule has 0 saturated heterocycles. The Bertz CT molecular complexity index is 775. The quantitative estimate of drug-likeness (QED) is 0.559. The Balaban J connectivity index is 2.13. The van der Waals surface area contributed by atoms with Gasteiger partial charge < -0.3 is 9.80 Å². The van der Waals surface area contributed by atoms with Gasteiger partial charge in [0.25, 0.3) is 5.91 Å². The van der Waals surface area contributed by atoms with Gasteiger partial charge in [-0.2, -0.15) is 10.2 Å². The largest absolute Gasteiger partial charge is 0.372 e. The summed E-state index contributed by atoms with van der Waals surface area (Å²) in [5, 5.41) is 8.71. The van der Waals surface area contributed by atoms with Gasteiger partial charge in [0.05, 0.1) is 11.4 Å². The second kappa shape index (κ2) is 9.86. The molecule has 27 heavy (non-hydrogen) atoms. The van der Waals surface area contributed by atoms with Crippen LogP contribution in [0.5, 0.6) is 0 Å². The maximum absolute atomic E-state index is 12.3. The van der Waals surface area contributed by atoms with E-state index < -0.39 is 0 Å². The summed E-state index contributed by atoms with van der Waals surface area (Å²) in [6.07, 6.45) is 0. The van der Waals surface area contributed by atoms with E-state index in [1.54, 1.807) is 4.90 Å². The minimum Gasteiger partial charge on any atom is -0.372 e. The van der Waals surface area contributed by atoms with E-state index in [0.717, 1.165) is 30.0 Å². The number of carbonyl (C=O) groups excluding carboxylic acids is 1. The molecule has 0 aliphatic heterocycles. The van der Waals surface area contributed by atoms with E-state index in [1.807, 2.05) is 51.1 Å². The molecular weight excluding hydrogens is 336 g/mol. The smallest absolute Gasteiger partial charge is 0.253 e. The van der Waals surface area contributed by atoms with Gasteiger partial charge in [0.15, 0.2) is 0 Å². The molecule has 5 heteroatoms. The lowest BCUT2D eigenvalue weighted by Gasteiger charge is -2.21. The molecule has 0 radical (unpaired) electrons. The normalized spacial score (nSPS) is 11.0. The maximum atomic E-state index is 12.3. The van der Waals surface area contributed by atoms with Crippen LogP contribution in [-0.2, 0) is 0 Å². The van der Waals surface area contributed by atoms with Gasteiger partial charge >= 0.3 is 0 Å². The lowest BCUT2D eigenvalue weighted by atomic mass is 10.1. The van der Waals surface area contributed by atoms with Crippen molar-refractivity contribution < 1.29 is 4.79 Å². The van der Waals surface area contributed by atoms with Crippen molar-refractivity contribution in [2.45, 2.75) is 34.6 Å². The fraction of sp³-hybridized carbons (Fsp3) is 0.409. The Morgan fingerprint density at radius 1 is 0.852 bits per heavy atom. The molecule has 144 valence electrons. The SMILES string of the molecule is CCN(CC)C(=O)c1ccc(N=Nc2ccc(N(CC)CC)cc2C)cc1. The van der Waals surface area contributed by atoms with Crippen molar-refractivity contribution in [1.29, 1.82) is 0 Å². The average Bonchev–Trinajstić information content (AvgIpc) is 2.69. The fourth-order valence-electron chi connectivity index (χ4n) is 3.01. The molecule has 0 aliphatic rings. The van der Waals surface area contributed by atoms with Gasteiger partial charge in [-0.05, 0) is 82.6 Å². The number of hydrogen-bond acceptors (Lipinski definition) is 4. The summed E-state index contributed by atoms with van der Waals surface area (Å²) in [5.41, 5.74) is 4.57. The third kappa shape index (κ3) is 5.16. The molecule has 0 bridgehead atoms. The van der Waals surface area contributed by atoms with Gasteiger partial charge in [-0.3, -0.25) is 4.79 Å². The van der Waals surface area contributed by atoms with Crippen molar-refractivity contribution in [2.75, 3.05) is 31.1 Å². The van der Waals surface area contributed by atoms with Crippen molar-refractivity contribution in [3.05, 3.63) is 53.6 Å². The molecule has 0 fully saturated rings. The average molecular weight is 367 g/mol. The topological polar surface area (TPSA) is 48.3 Å². The van der Waals surface area contributed by atoms with E-state index in [9.17, 15) is 4.79 Å². The molecule has 1 amide bonds. The predicted molar refractivity (Wildman–Crippen MR) is 113 cm³/mol. The molecule has 2 aromatic rings. The van der Waals surface area contributed by atoms with Crippen molar-refractivity contribution in [3.8, 4) is 0 Å². The second-order valence-electron chi connectivity index (χ2n) is 6.37. The number of nitrogens with zero attached hydrogens (tertiary/aromatic N) is 4. The summed E-state index contributed by atoms with van der Waals surface area (Å²) in [6, 6.07) is 13.5. The first-order valence-corrected chi connectivity index (χ1v) is 9.70. The summed E-state index contributed by atoms with van der Waals surface area (Å²) in [4.78, 5) is 16.5. The third-order valence-corrected chi connectivity index (χ3v) is 4.75. The van der Waals surface area contributed by atoms with Gasteiger partial charge in [0.1, 0.15) is 0 Å². The summed E-state index contributed by atoms with van der Waals surface area (Å²) >= 11 is 0. The molecule has 0 saturated carbocycles. The molecule has 0 unspecified atom stereocenters. The highest BCUT2D eigenvalue weighted by atomic mass is 16.2. The van der Waals surface area contributed by atoms with Crippen LogP contribution in [0.2, 0.25) is 0 Å². The van der Waals surface area contributed by atoms with Gasteiger partial charge in [-0.1, -0.05) is 0 Å². The highest BCUT2D eigenvalue weighted by Crippen LogP contribution is 2.26. The standard InChI is InChI=1S/C22H30N4O/c1-6-25(7-2)20-14-15-21(17(5)16-20)24-23-19-12-10-18(11-13-19)22(27)26(8-3)9-4/h10-16H,6-9H2,1-5H3. The molecule has 0 spiro atoms. The Hall–Kier alpha value is -2.69. The number of rotatable bonds is 8. The first-order valence-electron chi connectivity index (χ1n) is 9.70. The Labute approximate surface area is 162 Å². The van der Waals surface area contributed by atoms with Gasteiger partial charge in [0.2, 0.25) is 0 Å². The van der Waals surface area contributed by atoms with E-state index in [0.29, 0.717) is 18.7 Å². The number of aryl methyl sites for hydroxylation is 1. The minimum absolute atomic E-state index is 0.0475. The van der Waals surface area contributed by atoms with Crippen LogP contribution in [0.1, 0.15) is 43.6 Å². The van der Waals surface area contributed by atoms with Crippen molar-refractivity contribution in [2.24, 2.45) is 10.2 Å². The molecule has 0 N–H and O–H groups in total. The molecule has 0 atom stereocenters. The van der Waals surface area contributed by atoms with Crippen LogP contribution in [0.25, 0.3) is 0 Å². The summed E-state index contributed by atoms with van der Waals surface area (Å²) in [5.74, 6) is 0.0475.